The van der Waals surface area contributed by atoms with Crippen LogP contribution in [0, 0.1) is 17.2 Å². The van der Waals surface area contributed by atoms with E-state index in [4.69, 9.17) is 72.6 Å². The van der Waals surface area contributed by atoms with Gasteiger partial charge >= 0.3 is 5.97 Å². The third kappa shape index (κ3) is 24.2. The number of carbonyl (C=O) groups excluding carboxylic acids is 1. The van der Waals surface area contributed by atoms with Gasteiger partial charge in [0.25, 0.3) is 0 Å². The van der Waals surface area contributed by atoms with E-state index in [0.29, 0.717) is 70.6 Å². The zero-order chi connectivity index (χ0) is 99.2. The number of aliphatic hydroxyl groups is 1. The van der Waals surface area contributed by atoms with E-state index in [-0.39, 0.29) is 25.2 Å². The van der Waals surface area contributed by atoms with Crippen molar-refractivity contribution >= 4 is 102 Å². The van der Waals surface area contributed by atoms with E-state index in [1.807, 2.05) is 185 Å². The number of nitriles is 1. The molecule has 0 bridgehead atoms. The first kappa shape index (κ1) is 98.6. The molecular weight excluding hydrogens is 1790 g/mol. The molecule has 37 heteroatoms. The molecule has 0 amide bonds. The highest BCUT2D eigenvalue weighted by Crippen LogP contribution is 2.42. The first-order chi connectivity index (χ1) is 68.6. The Labute approximate surface area is 816 Å². The van der Waals surface area contributed by atoms with Crippen LogP contribution in [0.3, 0.4) is 0 Å². The van der Waals surface area contributed by atoms with Crippen molar-refractivity contribution in [3.63, 3.8) is 0 Å². The molecule has 141 heavy (non-hydrogen) atoms. The van der Waals surface area contributed by atoms with Crippen molar-refractivity contribution in [1.82, 2.24) is 94.3 Å². The van der Waals surface area contributed by atoms with Gasteiger partial charge in [-0.3, -0.25) is 38.7 Å². The Morgan fingerprint density at radius 3 is 1.17 bits per heavy atom. The van der Waals surface area contributed by atoms with Gasteiger partial charge in [-0.05, 0) is 119 Å². The summed E-state index contributed by atoms with van der Waals surface area (Å²) >= 11 is 0. The molecular formula is C104H113N25O12. The number of hydrogen-bond acceptors (Lipinski definition) is 33. The van der Waals surface area contributed by atoms with Gasteiger partial charge in [-0.15, -0.1) is 0 Å². The summed E-state index contributed by atoms with van der Waals surface area (Å²) in [6.45, 7) is 10.5. The maximum Gasteiger partial charge on any atom is 0.328 e. The second-order valence-electron chi connectivity index (χ2n) is 33.1. The van der Waals surface area contributed by atoms with E-state index in [1.54, 1.807) is 164 Å². The molecule has 37 nitrogen and oxygen atoms in total. The van der Waals surface area contributed by atoms with Crippen LogP contribution in [0.4, 0.5) is 51.4 Å². The van der Waals surface area contributed by atoms with Crippen LogP contribution in [-0.2, 0) is 37.7 Å². The molecule has 2 N–H and O–H groups in total. The van der Waals surface area contributed by atoms with Crippen molar-refractivity contribution in [2.75, 3.05) is 141 Å². The minimum Gasteiger partial charge on any atom is -0.497 e. The molecule has 9 aromatic heterocycles. The third-order valence-corrected chi connectivity index (χ3v) is 23.5. The number of anilines is 9. The number of aryl methyl sites for hydroxylation is 4. The van der Waals surface area contributed by atoms with Gasteiger partial charge in [-0.2, -0.15) is 30.6 Å². The summed E-state index contributed by atoms with van der Waals surface area (Å²) in [7, 11) is 22.1. The van der Waals surface area contributed by atoms with Crippen molar-refractivity contribution in [2.45, 2.75) is 52.1 Å². The summed E-state index contributed by atoms with van der Waals surface area (Å²) in [4.78, 5) is 70.2. The number of rotatable bonds is 35. The number of aliphatic hydroxyl groups excluding tert-OH is 1. The van der Waals surface area contributed by atoms with E-state index in [1.165, 1.54) is 0 Å². The molecule has 3 unspecified atom stereocenters. The Kier molecular flexibility index (Phi) is 32.4. The van der Waals surface area contributed by atoms with Crippen molar-refractivity contribution in [2.24, 2.45) is 34.1 Å². The Balaban J connectivity index is 0.000000143. The molecule has 0 aliphatic carbocycles. The second-order valence-corrected chi connectivity index (χ2v) is 33.1. The molecule has 0 saturated carbocycles. The molecule has 18 rings (SSSR count). The van der Waals surface area contributed by atoms with Crippen LogP contribution in [0.2, 0.25) is 0 Å². The summed E-state index contributed by atoms with van der Waals surface area (Å²) in [6, 6.07) is 49.9. The summed E-state index contributed by atoms with van der Waals surface area (Å²) in [5, 5.41) is 39.0. The lowest BCUT2D eigenvalue weighted by atomic mass is 10.1. The molecule has 1 aliphatic rings. The number of hydrogen-bond donors (Lipinski definition) is 2. The third-order valence-electron chi connectivity index (χ3n) is 23.5. The number of aromatic nitrogens is 18. The topological polar surface area (TPSA) is 382 Å². The van der Waals surface area contributed by atoms with Crippen molar-refractivity contribution in [3.05, 3.63) is 232 Å². The Bertz CT molecular complexity index is 7120. The van der Waals surface area contributed by atoms with Crippen molar-refractivity contribution < 1.29 is 57.3 Å². The molecule has 1 fully saturated rings. The number of methoxy groups -OCH3 is 9. The predicted octanol–water partition coefficient (Wildman–Crippen LogP) is 16.3. The fourth-order valence-corrected chi connectivity index (χ4v) is 16.3. The first-order valence-electron chi connectivity index (χ1n) is 45.7. The number of nitrogens with one attached hydrogen (secondary N) is 1. The van der Waals surface area contributed by atoms with Crippen LogP contribution in [0.1, 0.15) is 40.0 Å². The van der Waals surface area contributed by atoms with Crippen LogP contribution >= 0.6 is 0 Å². The largest absolute Gasteiger partial charge is 0.497 e. The fourth-order valence-electron chi connectivity index (χ4n) is 16.3. The highest BCUT2D eigenvalue weighted by molar-refractivity contribution is 5.90. The summed E-state index contributed by atoms with van der Waals surface area (Å²) in [6.07, 6.45) is 25.9. The van der Waals surface area contributed by atoms with Crippen LogP contribution < -0.4 is 72.4 Å². The van der Waals surface area contributed by atoms with Crippen molar-refractivity contribution in [1.29, 1.82) is 5.26 Å². The molecule has 0 radical (unpaired) electrons. The van der Waals surface area contributed by atoms with E-state index >= 15 is 0 Å². The molecule has 726 valence electrons. The fraction of sp³-hybridized carbons (Fsp3) is 0.288. The number of fused-ring (bicyclic) bond motifs is 4. The van der Waals surface area contributed by atoms with Crippen LogP contribution in [-0.4, -0.2) is 229 Å². The summed E-state index contributed by atoms with van der Waals surface area (Å²) in [5.41, 5.74) is 20.0. The van der Waals surface area contributed by atoms with Gasteiger partial charge < -0.3 is 82.3 Å². The summed E-state index contributed by atoms with van der Waals surface area (Å²) < 4.78 is 61.6. The maximum absolute atomic E-state index is 12.8. The lowest BCUT2D eigenvalue weighted by molar-refractivity contribution is -0.144. The van der Waals surface area contributed by atoms with Gasteiger partial charge in [0.1, 0.15) is 52.0 Å². The predicted molar refractivity (Wildman–Crippen MR) is 543 cm³/mol. The van der Waals surface area contributed by atoms with E-state index in [0.717, 1.165) is 186 Å². The zero-order valence-corrected chi connectivity index (χ0v) is 81.6. The monoisotopic (exact) mass is 1900 g/mol. The minimum absolute atomic E-state index is 0.0288. The number of ether oxygens (including phenoxy) is 10. The molecule has 10 heterocycles. The number of esters is 1. The minimum atomic E-state index is -0.622. The standard InChI is InChI=1S/C30H32N8O3.C26H29N7O2.C25H27N5O4.C23H25N5O3/c1-36-19-21(15-33-36)28-16-32-26-6-5-22(13-27(26)34-28)38(23-11-24(39-2)14-25(12-23)40-3)18-20-8-10-37(17-20)30-31-9-7-29(35-30)41-4;1-32-18-19(16-30-32)26-17-29-24-7-6-20(14-25(24)31-26)33(11-5-10-28-9-4-8-27)21-12-22(34-2)15-23(13-21)35-3;1-6-34-25(31)16(2)30(19-9-20(32-4)12-21(10-19)33-5)18-7-8-22-23(11-18)28-24(14-26-22)17-13-27-29(3)15-17;1-15(14-29)28(18-7-19(30-3)10-20(8-18)31-4)17-5-6-21-22(9-17)26-23(12-24-21)16-11-25-27(2)13-16/h5-7,9,11-16,19-20H,8,10,17-18H2,1-4H3;6-7,12-18,28H,4-5,9-11H2,1-3H3;7-16H,6H2,1-5H3;5-13,15,29H,14H2,1-4H3. The van der Waals surface area contributed by atoms with E-state index in [2.05, 4.69) is 101 Å². The smallest absolute Gasteiger partial charge is 0.328 e. The molecule has 1 aliphatic heterocycles. The number of carbonyl (C=O) groups is 1. The molecule has 0 spiro atoms. The van der Waals surface area contributed by atoms with E-state index in [9.17, 15) is 9.90 Å². The highest BCUT2D eigenvalue weighted by Gasteiger charge is 2.31. The second kappa shape index (κ2) is 46.3. The van der Waals surface area contributed by atoms with Gasteiger partial charge in [-0.1, -0.05) is 0 Å². The van der Waals surface area contributed by atoms with Crippen LogP contribution in [0.5, 0.6) is 51.9 Å². The van der Waals surface area contributed by atoms with Crippen LogP contribution in [0.15, 0.2) is 232 Å². The quantitative estimate of drug-likeness (QED) is 0.0275. The molecule has 17 aromatic rings. The zero-order valence-electron chi connectivity index (χ0n) is 81.6. The number of nitrogens with zero attached hydrogens (tertiary/aromatic N) is 24. The number of benzene rings is 8. The molecule has 3 atom stereocenters. The highest BCUT2D eigenvalue weighted by atomic mass is 16.5. The van der Waals surface area contributed by atoms with Gasteiger partial charge in [0.05, 0.1) is 206 Å². The SMILES string of the molecule is CCOC(=O)C(C)N(c1cc(OC)cc(OC)c1)c1ccc2ncc(-c3cnn(C)c3)nc2c1.COc1cc(OC)cc(N(CC2CCN(c3nccc(OC)n3)C2)c2ccc3ncc(-c4cnn(C)c4)nc3c2)c1.COc1cc(OC)cc(N(CCCNCCC#N)c2ccc3ncc(-c4cnn(C)c4)nc3c2)c1.COc1cc(OC)cc(N(c2ccc3ncc(-c4cnn(C)c4)nc3c2)C(C)CO)c1. The van der Waals surface area contributed by atoms with Gasteiger partial charge in [0.2, 0.25) is 11.8 Å². The Morgan fingerprint density at radius 1 is 0.433 bits per heavy atom. The van der Waals surface area contributed by atoms with Crippen LogP contribution in [0.25, 0.3) is 89.2 Å². The van der Waals surface area contributed by atoms with E-state index < -0.39 is 6.04 Å². The van der Waals surface area contributed by atoms with Gasteiger partial charge in [0, 0.05) is 245 Å². The maximum atomic E-state index is 12.8. The first-order valence-corrected chi connectivity index (χ1v) is 45.7. The Morgan fingerprint density at radius 2 is 0.801 bits per heavy atom. The Hall–Kier alpha value is -16.9. The normalized spacial score (nSPS) is 12.5. The van der Waals surface area contributed by atoms with Gasteiger partial charge in [-0.25, -0.2) is 29.7 Å². The molecule has 1 saturated heterocycles. The lowest BCUT2D eigenvalue weighted by Gasteiger charge is -2.31. The van der Waals surface area contributed by atoms with Gasteiger partial charge in [0.15, 0.2) is 0 Å². The molecule has 8 aromatic carbocycles. The van der Waals surface area contributed by atoms with Crippen molar-refractivity contribution in [3.8, 4) is 103 Å². The average molecular weight is 1910 g/mol. The lowest BCUT2D eigenvalue weighted by Crippen LogP contribution is -2.37. The average Bonchev–Trinajstić information content (AvgIpc) is 1.50. The summed E-state index contributed by atoms with van der Waals surface area (Å²) in [5.74, 6) is 6.69.